The average molecular weight is 428 g/mol. The zero-order chi connectivity index (χ0) is 22.2. The van der Waals surface area contributed by atoms with Crippen LogP contribution in [0.1, 0.15) is 16.7 Å². The Morgan fingerprint density at radius 3 is 2.58 bits per heavy atom. The lowest BCUT2D eigenvalue weighted by Crippen LogP contribution is -1.98. The number of aromatic nitrogens is 1. The highest BCUT2D eigenvalue weighted by Gasteiger charge is 2.16. The number of rotatable bonds is 4. The molecule has 1 aliphatic heterocycles. The van der Waals surface area contributed by atoms with Gasteiger partial charge in [-0.05, 0) is 52.2 Å². The van der Waals surface area contributed by atoms with E-state index in [-0.39, 0.29) is 6.79 Å². The maximum absolute atomic E-state index is 9.92. The molecule has 0 fully saturated rings. The monoisotopic (exact) mass is 428 g/mol. The molecule has 158 valence electrons. The molecule has 1 aliphatic rings. The third kappa shape index (κ3) is 3.40. The molecule has 33 heavy (non-hydrogen) atoms. The van der Waals surface area contributed by atoms with Gasteiger partial charge in [0.25, 0.3) is 0 Å². The molecule has 1 aromatic heterocycles. The molecule has 2 heterocycles. The molecule has 4 nitrogen and oxygen atoms in total. The number of fused-ring (bicyclic) bond motifs is 3. The van der Waals surface area contributed by atoms with Crippen LogP contribution in [0.15, 0.2) is 91.1 Å². The van der Waals surface area contributed by atoms with Crippen molar-refractivity contribution in [3.8, 4) is 17.6 Å². The molecule has 4 heteroatoms. The van der Waals surface area contributed by atoms with E-state index < -0.39 is 0 Å². The summed E-state index contributed by atoms with van der Waals surface area (Å²) in [5.41, 5.74) is 4.81. The van der Waals surface area contributed by atoms with E-state index in [0.29, 0.717) is 17.1 Å². The SMILES string of the molecule is N#C/C(=C/c1cn(Cc2cccc3ccccc23)c2ccccc12)c1ccc2c(c1)OCO2. The number of ether oxygens (including phenoxy) is 2. The van der Waals surface area contributed by atoms with Crippen molar-refractivity contribution >= 4 is 33.3 Å². The molecule has 0 aliphatic carbocycles. The Morgan fingerprint density at radius 2 is 1.67 bits per heavy atom. The number of allylic oxidation sites excluding steroid dienone is 1. The summed E-state index contributed by atoms with van der Waals surface area (Å²) < 4.78 is 13.2. The van der Waals surface area contributed by atoms with E-state index in [1.807, 2.05) is 30.3 Å². The van der Waals surface area contributed by atoms with E-state index in [0.717, 1.165) is 28.6 Å². The summed E-state index contributed by atoms with van der Waals surface area (Å²) in [5.74, 6) is 1.38. The molecule has 0 atom stereocenters. The number of para-hydroxylation sites is 1. The van der Waals surface area contributed by atoms with Gasteiger partial charge in [0, 0.05) is 29.2 Å². The van der Waals surface area contributed by atoms with Crippen molar-refractivity contribution in [2.45, 2.75) is 6.54 Å². The molecule has 0 saturated carbocycles. The lowest BCUT2D eigenvalue weighted by Gasteiger charge is -2.09. The summed E-state index contributed by atoms with van der Waals surface area (Å²) in [4.78, 5) is 0. The van der Waals surface area contributed by atoms with E-state index in [9.17, 15) is 5.26 Å². The lowest BCUT2D eigenvalue weighted by molar-refractivity contribution is 0.174. The minimum atomic E-state index is 0.214. The quantitative estimate of drug-likeness (QED) is 0.302. The van der Waals surface area contributed by atoms with Crippen LogP contribution in [-0.2, 0) is 6.54 Å². The second-order valence-corrected chi connectivity index (χ2v) is 8.11. The highest BCUT2D eigenvalue weighted by atomic mass is 16.7. The first kappa shape index (κ1) is 19.2. The van der Waals surface area contributed by atoms with Gasteiger partial charge < -0.3 is 14.0 Å². The van der Waals surface area contributed by atoms with E-state index >= 15 is 0 Å². The number of benzene rings is 4. The van der Waals surface area contributed by atoms with Gasteiger partial charge in [-0.25, -0.2) is 0 Å². The molecule has 0 saturated heterocycles. The molecule has 5 aromatic rings. The van der Waals surface area contributed by atoms with E-state index in [1.165, 1.54) is 16.3 Å². The second kappa shape index (κ2) is 7.89. The van der Waals surface area contributed by atoms with Gasteiger partial charge in [0.2, 0.25) is 6.79 Å². The zero-order valence-corrected chi connectivity index (χ0v) is 17.9. The fraction of sp³-hybridized carbons (Fsp3) is 0.0690. The van der Waals surface area contributed by atoms with Crippen LogP contribution in [0.2, 0.25) is 0 Å². The Kier molecular flexibility index (Phi) is 4.59. The number of hydrogen-bond donors (Lipinski definition) is 0. The van der Waals surface area contributed by atoms with Crippen molar-refractivity contribution in [3.05, 3.63) is 108 Å². The highest BCUT2D eigenvalue weighted by Crippen LogP contribution is 2.35. The molecular formula is C29H20N2O2. The van der Waals surface area contributed by atoms with Crippen LogP contribution in [0, 0.1) is 11.3 Å². The molecule has 0 unspecified atom stereocenters. The summed E-state index contributed by atoms with van der Waals surface area (Å²) >= 11 is 0. The topological polar surface area (TPSA) is 47.2 Å². The van der Waals surface area contributed by atoms with Crippen LogP contribution < -0.4 is 9.47 Å². The van der Waals surface area contributed by atoms with Crippen molar-refractivity contribution in [2.24, 2.45) is 0 Å². The molecule has 4 aromatic carbocycles. The number of hydrogen-bond acceptors (Lipinski definition) is 3. The van der Waals surface area contributed by atoms with Crippen molar-refractivity contribution in [1.29, 1.82) is 5.26 Å². The minimum absolute atomic E-state index is 0.214. The van der Waals surface area contributed by atoms with Crippen LogP contribution in [-0.4, -0.2) is 11.4 Å². The predicted octanol–water partition coefficient (Wildman–Crippen LogP) is 6.64. The van der Waals surface area contributed by atoms with Gasteiger partial charge in [0.15, 0.2) is 11.5 Å². The predicted molar refractivity (Wildman–Crippen MR) is 131 cm³/mol. The summed E-state index contributed by atoms with van der Waals surface area (Å²) in [6.07, 6.45) is 4.09. The third-order valence-corrected chi connectivity index (χ3v) is 6.14. The van der Waals surface area contributed by atoms with Gasteiger partial charge in [-0.1, -0.05) is 60.7 Å². The Labute approximate surface area is 191 Å². The summed E-state index contributed by atoms with van der Waals surface area (Å²) in [6.45, 7) is 0.966. The zero-order valence-electron chi connectivity index (χ0n) is 17.9. The first-order valence-corrected chi connectivity index (χ1v) is 10.9. The van der Waals surface area contributed by atoms with Gasteiger partial charge in [-0.3, -0.25) is 0 Å². The van der Waals surface area contributed by atoms with E-state index in [2.05, 4.69) is 77.5 Å². The van der Waals surface area contributed by atoms with Gasteiger partial charge in [-0.2, -0.15) is 5.26 Å². The van der Waals surface area contributed by atoms with E-state index in [4.69, 9.17) is 9.47 Å². The van der Waals surface area contributed by atoms with Crippen LogP contribution in [0.25, 0.3) is 33.3 Å². The van der Waals surface area contributed by atoms with Gasteiger partial charge >= 0.3 is 0 Å². The summed E-state index contributed by atoms with van der Waals surface area (Å²) in [6, 6.07) is 31.2. The Hall–Kier alpha value is -4.49. The average Bonchev–Trinajstić information content (AvgIpc) is 3.47. The lowest BCUT2D eigenvalue weighted by atomic mass is 10.0. The first-order valence-electron chi connectivity index (χ1n) is 10.9. The molecule has 0 amide bonds. The molecule has 0 radical (unpaired) electrons. The maximum atomic E-state index is 9.92. The van der Waals surface area contributed by atoms with Crippen molar-refractivity contribution in [3.63, 3.8) is 0 Å². The molecular weight excluding hydrogens is 408 g/mol. The smallest absolute Gasteiger partial charge is 0.231 e. The van der Waals surface area contributed by atoms with E-state index in [1.54, 1.807) is 0 Å². The van der Waals surface area contributed by atoms with Gasteiger partial charge in [-0.15, -0.1) is 0 Å². The molecule has 6 rings (SSSR count). The Balaban J connectivity index is 1.44. The summed E-state index contributed by atoms with van der Waals surface area (Å²) in [5, 5.41) is 13.5. The van der Waals surface area contributed by atoms with Crippen LogP contribution in [0.5, 0.6) is 11.5 Å². The fourth-order valence-corrected chi connectivity index (χ4v) is 4.53. The Bertz CT molecular complexity index is 1580. The number of nitriles is 1. The largest absolute Gasteiger partial charge is 0.454 e. The van der Waals surface area contributed by atoms with Crippen molar-refractivity contribution < 1.29 is 9.47 Å². The van der Waals surface area contributed by atoms with Gasteiger partial charge in [0.05, 0.1) is 11.6 Å². The third-order valence-electron chi connectivity index (χ3n) is 6.14. The fourth-order valence-electron chi connectivity index (χ4n) is 4.53. The van der Waals surface area contributed by atoms with Crippen LogP contribution >= 0.6 is 0 Å². The van der Waals surface area contributed by atoms with Gasteiger partial charge in [0.1, 0.15) is 0 Å². The normalized spacial score (nSPS) is 12.9. The van der Waals surface area contributed by atoms with Crippen molar-refractivity contribution in [2.75, 3.05) is 6.79 Å². The van der Waals surface area contributed by atoms with Crippen LogP contribution in [0.4, 0.5) is 0 Å². The molecule has 0 spiro atoms. The van der Waals surface area contributed by atoms with Crippen molar-refractivity contribution in [1.82, 2.24) is 4.57 Å². The number of nitrogens with zero attached hydrogens (tertiary/aromatic N) is 2. The molecule has 0 N–H and O–H groups in total. The van der Waals surface area contributed by atoms with Crippen LogP contribution in [0.3, 0.4) is 0 Å². The standard InChI is InChI=1S/C29H20N2O2/c30-16-23(21-12-13-28-29(15-21)33-19-32-28)14-24-18-31(27-11-4-3-10-26(24)27)17-22-8-5-7-20-6-1-2-9-25(20)22/h1-15,18H,17,19H2/b23-14-. The summed E-state index contributed by atoms with van der Waals surface area (Å²) in [7, 11) is 0. The molecule has 0 bridgehead atoms. The minimum Gasteiger partial charge on any atom is -0.454 e. The second-order valence-electron chi connectivity index (χ2n) is 8.11. The highest BCUT2D eigenvalue weighted by molar-refractivity contribution is 5.98. The maximum Gasteiger partial charge on any atom is 0.231 e. The Morgan fingerprint density at radius 1 is 0.879 bits per heavy atom. The first-order chi connectivity index (χ1) is 16.3.